The number of sulfone groups is 1. The second-order valence-electron chi connectivity index (χ2n) is 8.60. The molecule has 34 heavy (non-hydrogen) atoms. The van der Waals surface area contributed by atoms with E-state index in [2.05, 4.69) is 4.90 Å². The van der Waals surface area contributed by atoms with Crippen molar-refractivity contribution in [2.75, 3.05) is 32.4 Å². The van der Waals surface area contributed by atoms with Crippen LogP contribution in [-0.2, 0) is 15.6 Å². The summed E-state index contributed by atoms with van der Waals surface area (Å²) >= 11 is 0. The summed E-state index contributed by atoms with van der Waals surface area (Å²) in [6.07, 6.45) is 1.18. The highest BCUT2D eigenvalue weighted by molar-refractivity contribution is 7.89. The molecule has 1 aliphatic heterocycles. The number of amides is 1. The Bertz CT molecular complexity index is 1190. The summed E-state index contributed by atoms with van der Waals surface area (Å²) < 4.78 is 50.0. The number of nitrogens with zero attached hydrogens (tertiary/aromatic N) is 2. The minimum Gasteiger partial charge on any atom is -0.336 e. The zero-order valence-corrected chi connectivity index (χ0v) is 19.6. The summed E-state index contributed by atoms with van der Waals surface area (Å²) in [6, 6.07) is 19.1. The largest absolute Gasteiger partial charge is 0.336 e. The lowest BCUT2D eigenvalue weighted by Gasteiger charge is -2.39. The number of carbonyl (C=O) groups is 1. The van der Waals surface area contributed by atoms with Gasteiger partial charge in [-0.2, -0.15) is 0 Å². The molecule has 8 heteroatoms. The number of rotatable bonds is 6. The molecule has 1 aliphatic rings. The predicted octanol–water partition coefficient (Wildman–Crippen LogP) is 4.06. The van der Waals surface area contributed by atoms with E-state index >= 15 is 0 Å². The zero-order chi connectivity index (χ0) is 24.3. The minimum atomic E-state index is -3.14. The third-order valence-corrected chi connectivity index (χ3v) is 6.83. The molecule has 3 aromatic rings. The van der Waals surface area contributed by atoms with Gasteiger partial charge < -0.3 is 4.90 Å². The van der Waals surface area contributed by atoms with Crippen molar-refractivity contribution in [3.63, 3.8) is 0 Å². The molecule has 5 nitrogen and oxygen atoms in total. The van der Waals surface area contributed by atoms with Crippen LogP contribution in [0.4, 0.5) is 8.78 Å². The molecule has 0 N–H and O–H groups in total. The van der Waals surface area contributed by atoms with Crippen LogP contribution in [0.2, 0.25) is 0 Å². The van der Waals surface area contributed by atoms with Crippen molar-refractivity contribution in [2.24, 2.45) is 0 Å². The lowest BCUT2D eigenvalue weighted by Crippen LogP contribution is -2.49. The van der Waals surface area contributed by atoms with Gasteiger partial charge in [0.2, 0.25) is 0 Å². The molecule has 0 bridgehead atoms. The van der Waals surface area contributed by atoms with Gasteiger partial charge in [-0.1, -0.05) is 36.4 Å². The number of halogens is 2. The smallest absolute Gasteiger partial charge is 0.253 e. The molecule has 178 valence electrons. The van der Waals surface area contributed by atoms with Crippen LogP contribution >= 0.6 is 0 Å². The average molecular weight is 485 g/mol. The van der Waals surface area contributed by atoms with E-state index in [1.165, 1.54) is 30.5 Å². The van der Waals surface area contributed by atoms with Crippen LogP contribution < -0.4 is 0 Å². The highest BCUT2D eigenvalue weighted by atomic mass is 32.2. The highest BCUT2D eigenvalue weighted by Crippen LogP contribution is 2.30. The monoisotopic (exact) mass is 484 g/mol. The second-order valence-corrected chi connectivity index (χ2v) is 10.7. The van der Waals surface area contributed by atoms with Crippen LogP contribution in [0.25, 0.3) is 0 Å². The fourth-order valence-electron chi connectivity index (χ4n) is 4.32. The highest BCUT2D eigenvalue weighted by Gasteiger charge is 2.28. The van der Waals surface area contributed by atoms with Gasteiger partial charge >= 0.3 is 0 Å². The summed E-state index contributed by atoms with van der Waals surface area (Å²) in [6.45, 7) is 2.19. The van der Waals surface area contributed by atoms with Gasteiger partial charge in [0.15, 0.2) is 9.84 Å². The van der Waals surface area contributed by atoms with Gasteiger partial charge in [-0.05, 0) is 53.1 Å². The van der Waals surface area contributed by atoms with Gasteiger partial charge in [-0.3, -0.25) is 9.69 Å². The van der Waals surface area contributed by atoms with E-state index in [1.807, 2.05) is 0 Å². The third kappa shape index (κ3) is 5.87. The molecule has 0 atom stereocenters. The number of hydrogen-bond donors (Lipinski definition) is 0. The summed E-state index contributed by atoms with van der Waals surface area (Å²) in [5.74, 6) is -0.807. The van der Waals surface area contributed by atoms with Crippen LogP contribution in [-0.4, -0.2) is 56.6 Å². The normalized spacial score (nSPS) is 15.0. The third-order valence-electron chi connectivity index (χ3n) is 5.97. The topological polar surface area (TPSA) is 57.7 Å². The molecule has 1 saturated heterocycles. The molecule has 1 heterocycles. The van der Waals surface area contributed by atoms with E-state index < -0.39 is 9.84 Å². The zero-order valence-electron chi connectivity index (χ0n) is 18.8. The lowest BCUT2D eigenvalue weighted by molar-refractivity contribution is 0.0597. The second kappa shape index (κ2) is 10.0. The lowest BCUT2D eigenvalue weighted by atomic mass is 9.96. The van der Waals surface area contributed by atoms with E-state index in [0.29, 0.717) is 37.3 Å². The molecule has 1 fully saturated rings. The Kier molecular flexibility index (Phi) is 7.09. The average Bonchev–Trinajstić information content (AvgIpc) is 2.81. The molecule has 3 aromatic carbocycles. The van der Waals surface area contributed by atoms with Gasteiger partial charge in [0.1, 0.15) is 11.6 Å². The van der Waals surface area contributed by atoms with E-state index in [0.717, 1.165) is 11.1 Å². The molecule has 0 unspecified atom stereocenters. The van der Waals surface area contributed by atoms with Crippen LogP contribution in [0, 0.1) is 11.6 Å². The van der Waals surface area contributed by atoms with Crippen LogP contribution in [0.5, 0.6) is 0 Å². The SMILES string of the molecule is CS(=O)(=O)Cc1ccc(C(=O)N2CCN(C(c3ccc(F)cc3)c3ccc(F)cc3)CC2)cc1. The molecule has 0 aromatic heterocycles. The number of benzene rings is 3. The maximum atomic E-state index is 13.5. The van der Waals surface area contributed by atoms with Crippen LogP contribution in [0.3, 0.4) is 0 Å². The maximum Gasteiger partial charge on any atom is 0.253 e. The van der Waals surface area contributed by atoms with Crippen molar-refractivity contribution in [2.45, 2.75) is 11.8 Å². The molecule has 0 spiro atoms. The van der Waals surface area contributed by atoms with Crippen LogP contribution in [0.15, 0.2) is 72.8 Å². The first kappa shape index (κ1) is 24.0. The minimum absolute atomic E-state index is 0.0612. The molecular weight excluding hydrogens is 458 g/mol. The number of carbonyl (C=O) groups excluding carboxylic acids is 1. The maximum absolute atomic E-state index is 13.5. The van der Waals surface area contributed by atoms with Crippen LogP contribution in [0.1, 0.15) is 33.1 Å². The fourth-order valence-corrected chi connectivity index (χ4v) is 5.11. The Hall–Kier alpha value is -3.10. The molecule has 0 saturated carbocycles. The number of piperazine rings is 1. The molecule has 0 aliphatic carbocycles. The summed E-state index contributed by atoms with van der Waals surface area (Å²) in [5, 5.41) is 0. The Morgan fingerprint density at radius 1 is 0.794 bits per heavy atom. The summed E-state index contributed by atoms with van der Waals surface area (Å²) in [5.41, 5.74) is 2.95. The van der Waals surface area contributed by atoms with Crippen molar-refractivity contribution in [1.29, 1.82) is 0 Å². The molecule has 0 radical (unpaired) electrons. The van der Waals surface area contributed by atoms with Gasteiger partial charge in [0.25, 0.3) is 5.91 Å². The Balaban J connectivity index is 1.47. The molecular formula is C26H26F2N2O3S. The van der Waals surface area contributed by atoms with Crippen molar-refractivity contribution in [3.8, 4) is 0 Å². The summed E-state index contributed by atoms with van der Waals surface area (Å²) in [4.78, 5) is 17.0. The first-order valence-corrected chi connectivity index (χ1v) is 13.1. The van der Waals surface area contributed by atoms with Gasteiger partial charge in [-0.25, -0.2) is 17.2 Å². The number of hydrogen-bond acceptors (Lipinski definition) is 4. The van der Waals surface area contributed by atoms with Crippen molar-refractivity contribution < 1.29 is 22.0 Å². The van der Waals surface area contributed by atoms with Crippen molar-refractivity contribution in [3.05, 3.63) is 107 Å². The van der Waals surface area contributed by atoms with E-state index in [1.54, 1.807) is 53.4 Å². The van der Waals surface area contributed by atoms with E-state index in [9.17, 15) is 22.0 Å². The van der Waals surface area contributed by atoms with Crippen molar-refractivity contribution >= 4 is 15.7 Å². The fraction of sp³-hybridized carbons (Fsp3) is 0.269. The van der Waals surface area contributed by atoms with E-state index in [-0.39, 0.29) is 29.3 Å². The Morgan fingerprint density at radius 3 is 1.71 bits per heavy atom. The van der Waals surface area contributed by atoms with E-state index in [4.69, 9.17) is 0 Å². The first-order valence-electron chi connectivity index (χ1n) is 11.0. The van der Waals surface area contributed by atoms with Gasteiger partial charge in [0, 0.05) is 38.0 Å². The Labute approximate surface area is 198 Å². The molecule has 4 rings (SSSR count). The molecule has 1 amide bonds. The first-order chi connectivity index (χ1) is 16.2. The summed E-state index contributed by atoms with van der Waals surface area (Å²) in [7, 11) is -3.14. The van der Waals surface area contributed by atoms with Gasteiger partial charge in [-0.15, -0.1) is 0 Å². The quantitative estimate of drug-likeness (QED) is 0.530. The predicted molar refractivity (Wildman–Crippen MR) is 127 cm³/mol. The standard InChI is InChI=1S/C26H26F2N2O3S/c1-34(32,33)18-19-2-4-22(5-3-19)26(31)30-16-14-29(15-17-30)25(20-6-10-23(27)11-7-20)21-8-12-24(28)13-9-21/h2-13,25H,14-18H2,1H3. The van der Waals surface area contributed by atoms with Gasteiger partial charge in [0.05, 0.1) is 11.8 Å². The Morgan fingerprint density at radius 2 is 1.26 bits per heavy atom. The van der Waals surface area contributed by atoms with Crippen molar-refractivity contribution in [1.82, 2.24) is 9.80 Å².